The summed E-state index contributed by atoms with van der Waals surface area (Å²) in [6, 6.07) is 16.0. The van der Waals surface area contributed by atoms with Gasteiger partial charge in [-0.15, -0.1) is 10.2 Å². The highest BCUT2D eigenvalue weighted by Crippen LogP contribution is 2.26. The predicted octanol–water partition coefficient (Wildman–Crippen LogP) is 4.69. The Balaban J connectivity index is 1.68. The second-order valence-corrected chi connectivity index (χ2v) is 8.02. The Morgan fingerprint density at radius 3 is 2.40 bits per heavy atom. The first-order valence-corrected chi connectivity index (χ1v) is 10.6. The van der Waals surface area contributed by atoms with E-state index in [1.54, 1.807) is 0 Å². The van der Waals surface area contributed by atoms with E-state index in [4.69, 9.17) is 0 Å². The molecule has 3 aromatic rings. The lowest BCUT2D eigenvalue weighted by atomic mass is 9.98. The number of urea groups is 1. The van der Waals surface area contributed by atoms with Crippen LogP contribution in [0.15, 0.2) is 54.6 Å². The number of nitrogens with zero attached hydrogens (tertiary/aromatic N) is 2. The monoisotopic (exact) mass is 423 g/mol. The zero-order valence-electron chi connectivity index (χ0n) is 17.2. The number of carbonyl (C=O) groups excluding carboxylic acids is 2. The SMILES string of the molecule is CC[C@@H](C)[C@@H](NC(=O)Nc1ccccc1C)C(=O)Nc1nnc(-c2ccccc2)s1. The molecule has 3 amide bonds. The van der Waals surface area contributed by atoms with Crippen molar-refractivity contribution in [2.24, 2.45) is 5.92 Å². The molecular formula is C22H25N5O2S. The quantitative estimate of drug-likeness (QED) is 0.514. The molecule has 156 valence electrons. The fourth-order valence-electron chi connectivity index (χ4n) is 2.87. The van der Waals surface area contributed by atoms with Gasteiger partial charge in [0.1, 0.15) is 11.0 Å². The van der Waals surface area contributed by atoms with Crippen molar-refractivity contribution in [2.75, 3.05) is 10.6 Å². The van der Waals surface area contributed by atoms with Crippen molar-refractivity contribution in [2.45, 2.75) is 33.2 Å². The molecule has 7 nitrogen and oxygen atoms in total. The van der Waals surface area contributed by atoms with E-state index in [1.807, 2.05) is 75.4 Å². The molecular weight excluding hydrogens is 398 g/mol. The Morgan fingerprint density at radius 2 is 1.70 bits per heavy atom. The van der Waals surface area contributed by atoms with Gasteiger partial charge in [0, 0.05) is 11.3 Å². The maximum absolute atomic E-state index is 12.9. The van der Waals surface area contributed by atoms with Crippen molar-refractivity contribution < 1.29 is 9.59 Å². The van der Waals surface area contributed by atoms with Crippen LogP contribution in [-0.4, -0.2) is 28.2 Å². The number of rotatable bonds is 7. The fourth-order valence-corrected chi connectivity index (χ4v) is 3.62. The van der Waals surface area contributed by atoms with E-state index in [1.165, 1.54) is 11.3 Å². The third-order valence-electron chi connectivity index (χ3n) is 4.85. The van der Waals surface area contributed by atoms with Gasteiger partial charge in [0.25, 0.3) is 0 Å². The first kappa shape index (κ1) is 21.4. The lowest BCUT2D eigenvalue weighted by Crippen LogP contribution is -2.49. The van der Waals surface area contributed by atoms with Crippen molar-refractivity contribution in [1.82, 2.24) is 15.5 Å². The molecule has 2 aromatic carbocycles. The van der Waals surface area contributed by atoms with Gasteiger partial charge in [0.2, 0.25) is 11.0 Å². The highest BCUT2D eigenvalue weighted by atomic mass is 32.1. The van der Waals surface area contributed by atoms with E-state index >= 15 is 0 Å². The Hall–Kier alpha value is -3.26. The third kappa shape index (κ3) is 5.42. The number of para-hydroxylation sites is 1. The third-order valence-corrected chi connectivity index (χ3v) is 5.74. The van der Waals surface area contributed by atoms with Crippen molar-refractivity contribution in [3.05, 3.63) is 60.2 Å². The van der Waals surface area contributed by atoms with E-state index in [0.717, 1.165) is 22.6 Å². The average Bonchev–Trinajstić information content (AvgIpc) is 3.22. The molecule has 0 bridgehead atoms. The second-order valence-electron chi connectivity index (χ2n) is 7.04. The van der Waals surface area contributed by atoms with Crippen LogP contribution in [0, 0.1) is 12.8 Å². The molecule has 0 saturated heterocycles. The molecule has 0 aliphatic heterocycles. The van der Waals surface area contributed by atoms with E-state index in [9.17, 15) is 9.59 Å². The number of aryl methyl sites for hydroxylation is 1. The molecule has 0 fully saturated rings. The van der Waals surface area contributed by atoms with Crippen molar-refractivity contribution >= 4 is 34.1 Å². The highest BCUT2D eigenvalue weighted by Gasteiger charge is 2.27. The number of anilines is 2. The number of aromatic nitrogens is 2. The van der Waals surface area contributed by atoms with Crippen molar-refractivity contribution in [1.29, 1.82) is 0 Å². The van der Waals surface area contributed by atoms with E-state index in [-0.39, 0.29) is 11.8 Å². The fraction of sp³-hybridized carbons (Fsp3) is 0.273. The van der Waals surface area contributed by atoms with Gasteiger partial charge in [-0.1, -0.05) is 80.1 Å². The number of amides is 3. The molecule has 0 unspecified atom stereocenters. The van der Waals surface area contributed by atoms with E-state index in [0.29, 0.717) is 10.8 Å². The number of hydrogen-bond acceptors (Lipinski definition) is 5. The molecule has 3 N–H and O–H groups in total. The largest absolute Gasteiger partial charge is 0.326 e. The summed E-state index contributed by atoms with van der Waals surface area (Å²) in [5, 5.41) is 17.7. The average molecular weight is 424 g/mol. The summed E-state index contributed by atoms with van der Waals surface area (Å²) in [4.78, 5) is 25.4. The molecule has 0 aliphatic carbocycles. The summed E-state index contributed by atoms with van der Waals surface area (Å²) in [5.41, 5.74) is 2.58. The molecule has 0 spiro atoms. The predicted molar refractivity (Wildman–Crippen MR) is 121 cm³/mol. The molecule has 30 heavy (non-hydrogen) atoms. The lowest BCUT2D eigenvalue weighted by molar-refractivity contribution is -0.119. The molecule has 0 aliphatic rings. The van der Waals surface area contributed by atoms with Crippen LogP contribution < -0.4 is 16.0 Å². The Morgan fingerprint density at radius 1 is 1.00 bits per heavy atom. The molecule has 1 aromatic heterocycles. The van der Waals surface area contributed by atoms with Gasteiger partial charge in [-0.25, -0.2) is 4.79 Å². The summed E-state index contributed by atoms with van der Waals surface area (Å²) in [6.45, 7) is 5.81. The number of nitrogens with one attached hydrogen (secondary N) is 3. The Bertz CT molecular complexity index is 1010. The molecule has 1 heterocycles. The first-order valence-electron chi connectivity index (χ1n) is 9.81. The number of benzene rings is 2. The van der Waals surface area contributed by atoms with Gasteiger partial charge < -0.3 is 10.6 Å². The topological polar surface area (TPSA) is 96.0 Å². The van der Waals surface area contributed by atoms with Crippen molar-refractivity contribution in [3.63, 3.8) is 0 Å². The van der Waals surface area contributed by atoms with Gasteiger partial charge in [-0.3, -0.25) is 10.1 Å². The molecule has 2 atom stereocenters. The number of carbonyl (C=O) groups is 2. The summed E-state index contributed by atoms with van der Waals surface area (Å²) in [7, 11) is 0. The standard InChI is InChI=1S/C22H25N5O2S/c1-4-14(2)18(24-21(29)23-17-13-9-8-10-15(17)3)19(28)25-22-27-26-20(30-22)16-11-6-5-7-12-16/h5-14,18H,4H2,1-3H3,(H2,23,24,29)(H,25,27,28)/t14-,18-/m1/s1. The van der Waals surface area contributed by atoms with Crippen LogP contribution >= 0.6 is 11.3 Å². The van der Waals surface area contributed by atoms with Crippen LogP contribution in [0.1, 0.15) is 25.8 Å². The molecule has 0 saturated carbocycles. The van der Waals surface area contributed by atoms with Crippen LogP contribution in [0.2, 0.25) is 0 Å². The van der Waals surface area contributed by atoms with Gasteiger partial charge in [-0.2, -0.15) is 0 Å². The zero-order chi connectivity index (χ0) is 21.5. The summed E-state index contributed by atoms with van der Waals surface area (Å²) < 4.78 is 0. The molecule has 3 rings (SSSR count). The van der Waals surface area contributed by atoms with E-state index in [2.05, 4.69) is 26.1 Å². The number of hydrogen-bond donors (Lipinski definition) is 3. The van der Waals surface area contributed by atoms with Gasteiger partial charge >= 0.3 is 6.03 Å². The first-order chi connectivity index (χ1) is 14.5. The lowest BCUT2D eigenvalue weighted by Gasteiger charge is -2.23. The minimum Gasteiger partial charge on any atom is -0.326 e. The Kier molecular flexibility index (Phi) is 7.13. The van der Waals surface area contributed by atoms with Crippen molar-refractivity contribution in [3.8, 4) is 10.6 Å². The van der Waals surface area contributed by atoms with Crippen LogP contribution in [0.4, 0.5) is 15.6 Å². The minimum atomic E-state index is -0.705. The summed E-state index contributed by atoms with van der Waals surface area (Å²) in [6.07, 6.45) is 0.730. The summed E-state index contributed by atoms with van der Waals surface area (Å²) in [5.74, 6) is -0.380. The van der Waals surface area contributed by atoms with Crippen LogP contribution in [0.25, 0.3) is 10.6 Å². The zero-order valence-corrected chi connectivity index (χ0v) is 18.0. The van der Waals surface area contributed by atoms with Gasteiger partial charge in [-0.05, 0) is 24.5 Å². The highest BCUT2D eigenvalue weighted by molar-refractivity contribution is 7.18. The van der Waals surface area contributed by atoms with Crippen LogP contribution in [0.5, 0.6) is 0 Å². The molecule has 0 radical (unpaired) electrons. The van der Waals surface area contributed by atoms with Gasteiger partial charge in [0.15, 0.2) is 0 Å². The van der Waals surface area contributed by atoms with Crippen LogP contribution in [-0.2, 0) is 4.79 Å². The summed E-state index contributed by atoms with van der Waals surface area (Å²) >= 11 is 1.29. The smallest absolute Gasteiger partial charge is 0.319 e. The van der Waals surface area contributed by atoms with Gasteiger partial charge in [0.05, 0.1) is 0 Å². The maximum atomic E-state index is 12.9. The normalized spacial score (nSPS) is 12.6. The molecule has 8 heteroatoms. The second kappa shape index (κ2) is 9.98. The minimum absolute atomic E-state index is 0.0610. The maximum Gasteiger partial charge on any atom is 0.319 e. The van der Waals surface area contributed by atoms with E-state index < -0.39 is 12.1 Å². The Labute approximate surface area is 179 Å². The van der Waals surface area contributed by atoms with Crippen LogP contribution in [0.3, 0.4) is 0 Å².